The van der Waals surface area contributed by atoms with E-state index in [0.717, 1.165) is 5.01 Å². The fourth-order valence-corrected chi connectivity index (χ4v) is 1.26. The summed E-state index contributed by atoms with van der Waals surface area (Å²) in [5.74, 6) is -0.495. The molecule has 0 spiro atoms. The van der Waals surface area contributed by atoms with E-state index in [1.807, 2.05) is 0 Å². The predicted molar refractivity (Wildman–Crippen MR) is 54.1 cm³/mol. The minimum absolute atomic E-state index is 0.129. The molecular weight excluding hydrogens is 199 g/mol. The Morgan fingerprint density at radius 3 is 2.87 bits per heavy atom. The highest BCUT2D eigenvalue weighted by atomic mass is 19.1. The number of hydrazone groups is 1. The molecule has 15 heavy (non-hydrogen) atoms. The van der Waals surface area contributed by atoms with Crippen molar-refractivity contribution in [2.75, 3.05) is 10.7 Å². The van der Waals surface area contributed by atoms with Crippen LogP contribution in [0.3, 0.4) is 0 Å². The van der Waals surface area contributed by atoms with Crippen molar-refractivity contribution in [3.63, 3.8) is 0 Å². The highest BCUT2D eigenvalue weighted by Crippen LogP contribution is 2.21. The summed E-state index contributed by atoms with van der Waals surface area (Å²) in [5, 5.41) is 4.70. The molecule has 0 aliphatic carbocycles. The third-order valence-electron chi connectivity index (χ3n) is 2.04. The predicted octanol–water partition coefficient (Wildman–Crippen LogP) is 0.724. The molecule has 2 heterocycles. The van der Waals surface area contributed by atoms with Gasteiger partial charge in [-0.3, -0.25) is 4.79 Å². The van der Waals surface area contributed by atoms with Crippen LogP contribution in [-0.4, -0.2) is 22.8 Å². The molecule has 78 valence electrons. The fourth-order valence-electron chi connectivity index (χ4n) is 1.26. The van der Waals surface area contributed by atoms with Gasteiger partial charge in [0.15, 0.2) is 5.82 Å². The maximum atomic E-state index is 13.2. The Balaban J connectivity index is 2.37. The molecule has 6 heteroatoms. The molecule has 0 fully saturated rings. The quantitative estimate of drug-likeness (QED) is 0.739. The molecule has 1 amide bonds. The number of aromatic nitrogens is 1. The van der Waals surface area contributed by atoms with Crippen molar-refractivity contribution < 1.29 is 9.18 Å². The van der Waals surface area contributed by atoms with Gasteiger partial charge in [-0.05, 0) is 13.0 Å². The number of amides is 1. The maximum absolute atomic E-state index is 13.2. The van der Waals surface area contributed by atoms with Gasteiger partial charge in [0.1, 0.15) is 0 Å². The lowest BCUT2D eigenvalue weighted by atomic mass is 10.3. The molecule has 0 unspecified atom stereocenters. The number of hydrogen-bond donors (Lipinski definition) is 1. The molecular formula is C9H9FN4O. The summed E-state index contributed by atoms with van der Waals surface area (Å²) in [5.41, 5.74) is 6.10. The lowest BCUT2D eigenvalue weighted by Gasteiger charge is -2.10. The standard InChI is InChI=1S/C9H9FN4O/c1-5-8(10)9(15)14(13-5)7-4-6(11)2-3-12-7/h2-4,8H,1H3,(H2,11,12)/t8-/m0/s1. The summed E-state index contributed by atoms with van der Waals surface area (Å²) < 4.78 is 13.2. The summed E-state index contributed by atoms with van der Waals surface area (Å²) in [7, 11) is 0. The van der Waals surface area contributed by atoms with E-state index in [1.54, 1.807) is 6.07 Å². The van der Waals surface area contributed by atoms with Crippen LogP contribution in [0.25, 0.3) is 0 Å². The highest BCUT2D eigenvalue weighted by molar-refractivity contribution is 6.16. The minimum Gasteiger partial charge on any atom is -0.399 e. The first-order valence-corrected chi connectivity index (χ1v) is 4.34. The third kappa shape index (κ3) is 1.54. The van der Waals surface area contributed by atoms with Crippen LogP contribution in [-0.2, 0) is 4.79 Å². The van der Waals surface area contributed by atoms with Gasteiger partial charge < -0.3 is 5.73 Å². The second-order valence-electron chi connectivity index (χ2n) is 3.20. The monoisotopic (exact) mass is 208 g/mol. The van der Waals surface area contributed by atoms with E-state index in [9.17, 15) is 9.18 Å². The van der Waals surface area contributed by atoms with E-state index < -0.39 is 12.1 Å². The number of alkyl halides is 1. The van der Waals surface area contributed by atoms with Gasteiger partial charge in [0, 0.05) is 18.0 Å². The average Bonchev–Trinajstić information content (AvgIpc) is 2.46. The number of nitrogens with two attached hydrogens (primary N) is 1. The number of hydrogen-bond acceptors (Lipinski definition) is 4. The van der Waals surface area contributed by atoms with Crippen molar-refractivity contribution in [3.05, 3.63) is 18.3 Å². The van der Waals surface area contributed by atoms with Crippen molar-refractivity contribution >= 4 is 23.1 Å². The van der Waals surface area contributed by atoms with Gasteiger partial charge >= 0.3 is 0 Å². The van der Waals surface area contributed by atoms with Crippen LogP contribution < -0.4 is 10.7 Å². The van der Waals surface area contributed by atoms with E-state index in [0.29, 0.717) is 5.69 Å². The van der Waals surface area contributed by atoms with E-state index in [1.165, 1.54) is 19.2 Å². The largest absolute Gasteiger partial charge is 0.399 e. The van der Waals surface area contributed by atoms with Crippen molar-refractivity contribution in [2.45, 2.75) is 13.1 Å². The minimum atomic E-state index is -1.67. The Labute approximate surface area is 85.4 Å². The second-order valence-corrected chi connectivity index (χ2v) is 3.20. The first kappa shape index (κ1) is 9.57. The number of anilines is 2. The number of carbonyl (C=O) groups is 1. The van der Waals surface area contributed by atoms with Gasteiger partial charge in [-0.25, -0.2) is 9.37 Å². The van der Waals surface area contributed by atoms with Gasteiger partial charge in [-0.1, -0.05) is 0 Å². The van der Waals surface area contributed by atoms with Crippen molar-refractivity contribution in [1.82, 2.24) is 4.98 Å². The van der Waals surface area contributed by atoms with E-state index in [2.05, 4.69) is 10.1 Å². The Morgan fingerprint density at radius 1 is 1.60 bits per heavy atom. The molecule has 0 aromatic carbocycles. The summed E-state index contributed by atoms with van der Waals surface area (Å²) in [6.45, 7) is 1.45. The summed E-state index contributed by atoms with van der Waals surface area (Å²) in [6.07, 6.45) is -0.234. The topological polar surface area (TPSA) is 71.6 Å². The van der Waals surface area contributed by atoms with Crippen LogP contribution in [0.15, 0.2) is 23.4 Å². The van der Waals surface area contributed by atoms with Crippen molar-refractivity contribution in [3.8, 4) is 0 Å². The van der Waals surface area contributed by atoms with Crippen LogP contribution in [0.5, 0.6) is 0 Å². The molecule has 5 nitrogen and oxygen atoms in total. The van der Waals surface area contributed by atoms with Crippen LogP contribution in [0.2, 0.25) is 0 Å². The van der Waals surface area contributed by atoms with Crippen LogP contribution in [0.4, 0.5) is 15.9 Å². The Hall–Kier alpha value is -1.98. The van der Waals surface area contributed by atoms with Crippen LogP contribution in [0.1, 0.15) is 6.92 Å². The SMILES string of the molecule is CC1=NN(c2cc(N)ccn2)C(=O)[C@H]1F. The lowest BCUT2D eigenvalue weighted by molar-refractivity contribution is -0.120. The van der Waals surface area contributed by atoms with E-state index >= 15 is 0 Å². The number of nitrogen functional groups attached to an aromatic ring is 1. The first-order chi connectivity index (χ1) is 7.09. The molecule has 1 aliphatic heterocycles. The van der Waals surface area contributed by atoms with Gasteiger partial charge in [0.05, 0.1) is 5.71 Å². The molecule has 1 atom stereocenters. The van der Waals surface area contributed by atoms with E-state index in [-0.39, 0.29) is 11.5 Å². The zero-order chi connectivity index (χ0) is 11.0. The zero-order valence-corrected chi connectivity index (χ0v) is 8.01. The lowest BCUT2D eigenvalue weighted by Crippen LogP contribution is -2.28. The molecule has 1 aliphatic rings. The van der Waals surface area contributed by atoms with Gasteiger partial charge in [0.25, 0.3) is 5.91 Å². The van der Waals surface area contributed by atoms with Gasteiger partial charge in [0.2, 0.25) is 6.17 Å². The van der Waals surface area contributed by atoms with Crippen LogP contribution in [0, 0.1) is 0 Å². The molecule has 2 N–H and O–H groups in total. The van der Waals surface area contributed by atoms with Crippen molar-refractivity contribution in [1.29, 1.82) is 0 Å². The first-order valence-electron chi connectivity index (χ1n) is 4.34. The number of halogens is 1. The number of rotatable bonds is 1. The third-order valence-corrected chi connectivity index (χ3v) is 2.04. The van der Waals surface area contributed by atoms with E-state index in [4.69, 9.17) is 5.73 Å². The van der Waals surface area contributed by atoms with Crippen molar-refractivity contribution in [2.24, 2.45) is 5.10 Å². The Kier molecular flexibility index (Phi) is 2.11. The Morgan fingerprint density at radius 2 is 2.33 bits per heavy atom. The molecule has 1 aromatic rings. The maximum Gasteiger partial charge on any atom is 0.289 e. The molecule has 0 saturated carbocycles. The summed E-state index contributed by atoms with van der Waals surface area (Å²) >= 11 is 0. The second kappa shape index (κ2) is 3.30. The fraction of sp³-hybridized carbons (Fsp3) is 0.222. The smallest absolute Gasteiger partial charge is 0.289 e. The van der Waals surface area contributed by atoms with Crippen LogP contribution >= 0.6 is 0 Å². The average molecular weight is 208 g/mol. The number of nitrogens with zero attached hydrogens (tertiary/aromatic N) is 3. The zero-order valence-electron chi connectivity index (χ0n) is 8.01. The summed E-state index contributed by atoms with van der Waals surface area (Å²) in [6, 6.07) is 3.04. The molecule has 2 rings (SSSR count). The van der Waals surface area contributed by atoms with Gasteiger partial charge in [-0.15, -0.1) is 0 Å². The highest BCUT2D eigenvalue weighted by Gasteiger charge is 2.34. The molecule has 0 bridgehead atoms. The molecule has 1 aromatic heterocycles. The molecule has 0 radical (unpaired) electrons. The number of pyridine rings is 1. The molecule has 0 saturated heterocycles. The summed E-state index contributed by atoms with van der Waals surface area (Å²) in [4.78, 5) is 15.3. The van der Waals surface area contributed by atoms with Gasteiger partial charge in [-0.2, -0.15) is 10.1 Å². The normalized spacial score (nSPS) is 20.7. The Bertz CT molecular complexity index is 445. The number of carbonyl (C=O) groups excluding carboxylic acids is 1.